The van der Waals surface area contributed by atoms with Crippen molar-refractivity contribution in [2.75, 3.05) is 6.61 Å². The number of nitrogens with one attached hydrogen (secondary N) is 1. The van der Waals surface area contributed by atoms with E-state index in [0.29, 0.717) is 0 Å². The highest BCUT2D eigenvalue weighted by Gasteiger charge is 2.12. The van der Waals surface area contributed by atoms with Crippen LogP contribution in [0.4, 0.5) is 0 Å². The maximum atomic E-state index is 11.5. The lowest BCUT2D eigenvalue weighted by Gasteiger charge is -2.12. The zero-order chi connectivity index (χ0) is 13.5. The predicted octanol–water partition coefficient (Wildman–Crippen LogP) is 1.68. The summed E-state index contributed by atoms with van der Waals surface area (Å²) in [5.74, 6) is -1.14. The van der Waals surface area contributed by atoms with Crippen LogP contribution in [0.25, 0.3) is 0 Å². The summed E-state index contributed by atoms with van der Waals surface area (Å²) >= 11 is 0. The van der Waals surface area contributed by atoms with Crippen LogP contribution in [0.3, 0.4) is 0 Å². The summed E-state index contributed by atoms with van der Waals surface area (Å²) in [7, 11) is 0. The van der Waals surface area contributed by atoms with E-state index >= 15 is 0 Å². The van der Waals surface area contributed by atoms with Gasteiger partial charge >= 0.3 is 5.97 Å². The molecule has 0 aliphatic heterocycles. The van der Waals surface area contributed by atoms with Crippen molar-refractivity contribution in [2.24, 2.45) is 0 Å². The van der Waals surface area contributed by atoms with Crippen molar-refractivity contribution in [1.29, 1.82) is 0 Å². The van der Waals surface area contributed by atoms with Gasteiger partial charge in [0.2, 0.25) is 0 Å². The van der Waals surface area contributed by atoms with Crippen LogP contribution < -0.4 is 10.1 Å². The fourth-order valence-corrected chi connectivity index (χ4v) is 1.33. The highest BCUT2D eigenvalue weighted by Crippen LogP contribution is 2.17. The Morgan fingerprint density at radius 1 is 1.39 bits per heavy atom. The zero-order valence-electron chi connectivity index (χ0n) is 10.5. The van der Waals surface area contributed by atoms with Gasteiger partial charge in [0, 0.05) is 6.04 Å². The van der Waals surface area contributed by atoms with Crippen molar-refractivity contribution in [1.82, 2.24) is 5.32 Å². The monoisotopic (exact) mass is 251 g/mol. The van der Waals surface area contributed by atoms with Crippen LogP contribution in [0, 0.1) is 0 Å². The lowest BCUT2D eigenvalue weighted by atomic mass is 10.2. The van der Waals surface area contributed by atoms with Gasteiger partial charge in [0.25, 0.3) is 5.91 Å². The van der Waals surface area contributed by atoms with Gasteiger partial charge in [-0.25, -0.2) is 4.79 Å². The Hall–Kier alpha value is -2.04. The molecule has 0 saturated heterocycles. The summed E-state index contributed by atoms with van der Waals surface area (Å²) < 4.78 is 5.21. The van der Waals surface area contributed by atoms with Gasteiger partial charge in [0.05, 0.1) is 0 Å². The molecular weight excluding hydrogens is 234 g/mol. The molecule has 0 aliphatic carbocycles. The Bertz CT molecular complexity index is 431. The van der Waals surface area contributed by atoms with E-state index in [9.17, 15) is 9.59 Å². The van der Waals surface area contributed by atoms with Crippen LogP contribution in [0.2, 0.25) is 0 Å². The fraction of sp³-hybridized carbons (Fsp3) is 0.385. The average Bonchev–Trinajstić information content (AvgIpc) is 2.36. The molecule has 0 fully saturated rings. The van der Waals surface area contributed by atoms with E-state index in [4.69, 9.17) is 9.84 Å². The quantitative estimate of drug-likeness (QED) is 0.806. The Morgan fingerprint density at radius 2 is 2.06 bits per heavy atom. The van der Waals surface area contributed by atoms with E-state index in [1.54, 1.807) is 12.1 Å². The zero-order valence-corrected chi connectivity index (χ0v) is 10.5. The first-order valence-electron chi connectivity index (χ1n) is 5.79. The minimum Gasteiger partial charge on any atom is -0.483 e. The fourth-order valence-electron chi connectivity index (χ4n) is 1.33. The third-order valence-electron chi connectivity index (χ3n) is 2.50. The molecule has 1 atom stereocenters. The van der Waals surface area contributed by atoms with Gasteiger partial charge in [-0.05, 0) is 25.5 Å². The van der Waals surface area contributed by atoms with Gasteiger partial charge < -0.3 is 15.2 Å². The van der Waals surface area contributed by atoms with Crippen molar-refractivity contribution < 1.29 is 19.4 Å². The molecule has 18 heavy (non-hydrogen) atoms. The second kappa shape index (κ2) is 6.64. The number of rotatable bonds is 6. The summed E-state index contributed by atoms with van der Waals surface area (Å²) in [6.45, 7) is 3.67. The molecule has 5 heteroatoms. The van der Waals surface area contributed by atoms with E-state index in [0.717, 1.165) is 6.42 Å². The summed E-state index contributed by atoms with van der Waals surface area (Å²) in [4.78, 5) is 22.4. The van der Waals surface area contributed by atoms with Gasteiger partial charge in [0.1, 0.15) is 11.3 Å². The van der Waals surface area contributed by atoms with Crippen LogP contribution in [-0.4, -0.2) is 29.6 Å². The molecule has 1 aromatic carbocycles. The number of carbonyl (C=O) groups is 2. The SMILES string of the molecule is CCC(C)NC(=O)COc1ccccc1C(=O)O. The largest absolute Gasteiger partial charge is 0.483 e. The molecule has 1 amide bonds. The average molecular weight is 251 g/mol. The molecule has 0 aromatic heterocycles. The van der Waals surface area contributed by atoms with Crippen LogP contribution in [0.5, 0.6) is 5.75 Å². The summed E-state index contributed by atoms with van der Waals surface area (Å²) in [5, 5.41) is 11.7. The Morgan fingerprint density at radius 3 is 2.67 bits per heavy atom. The van der Waals surface area contributed by atoms with Gasteiger partial charge in [-0.2, -0.15) is 0 Å². The standard InChI is InChI=1S/C13H17NO4/c1-3-9(2)14-12(15)8-18-11-7-5-4-6-10(11)13(16)17/h4-7,9H,3,8H2,1-2H3,(H,14,15)(H,16,17). The van der Waals surface area contributed by atoms with Gasteiger partial charge in [0.15, 0.2) is 6.61 Å². The molecule has 0 bridgehead atoms. The number of hydrogen-bond acceptors (Lipinski definition) is 3. The Labute approximate surface area is 106 Å². The molecule has 5 nitrogen and oxygen atoms in total. The number of ether oxygens (including phenoxy) is 1. The second-order valence-electron chi connectivity index (χ2n) is 3.97. The van der Waals surface area contributed by atoms with Crippen molar-refractivity contribution in [3.05, 3.63) is 29.8 Å². The highest BCUT2D eigenvalue weighted by molar-refractivity contribution is 5.91. The van der Waals surface area contributed by atoms with Crippen molar-refractivity contribution in [3.63, 3.8) is 0 Å². The van der Waals surface area contributed by atoms with E-state index in [2.05, 4.69) is 5.32 Å². The Kier molecular flexibility index (Phi) is 5.17. The molecular formula is C13H17NO4. The third-order valence-corrected chi connectivity index (χ3v) is 2.50. The molecule has 0 spiro atoms. The number of carbonyl (C=O) groups excluding carboxylic acids is 1. The number of carboxylic acids is 1. The van der Waals surface area contributed by atoms with Crippen LogP contribution >= 0.6 is 0 Å². The number of carboxylic acid groups (broad SMARTS) is 1. The first-order valence-corrected chi connectivity index (χ1v) is 5.79. The first kappa shape index (κ1) is 14.0. The first-order chi connectivity index (χ1) is 8.54. The molecule has 2 N–H and O–H groups in total. The van der Waals surface area contributed by atoms with Crippen LogP contribution in [0.1, 0.15) is 30.6 Å². The van der Waals surface area contributed by atoms with Gasteiger partial charge in [-0.1, -0.05) is 19.1 Å². The van der Waals surface area contributed by atoms with Crippen molar-refractivity contribution in [2.45, 2.75) is 26.3 Å². The molecule has 0 saturated carbocycles. The van der Waals surface area contributed by atoms with Crippen molar-refractivity contribution in [3.8, 4) is 5.75 Å². The van der Waals surface area contributed by atoms with Crippen LogP contribution in [0.15, 0.2) is 24.3 Å². The maximum absolute atomic E-state index is 11.5. The van der Waals surface area contributed by atoms with Crippen LogP contribution in [-0.2, 0) is 4.79 Å². The van der Waals surface area contributed by atoms with E-state index in [-0.39, 0.29) is 29.9 Å². The summed E-state index contributed by atoms with van der Waals surface area (Å²) in [6.07, 6.45) is 0.831. The number of hydrogen-bond donors (Lipinski definition) is 2. The normalized spacial score (nSPS) is 11.7. The molecule has 1 aromatic rings. The number of amides is 1. The lowest BCUT2D eigenvalue weighted by molar-refractivity contribution is -0.123. The molecule has 0 radical (unpaired) electrons. The van der Waals surface area contributed by atoms with E-state index < -0.39 is 5.97 Å². The molecule has 0 aliphatic rings. The van der Waals surface area contributed by atoms with E-state index in [1.807, 2.05) is 13.8 Å². The third kappa shape index (κ3) is 4.08. The number of benzene rings is 1. The highest BCUT2D eigenvalue weighted by atomic mass is 16.5. The Balaban J connectivity index is 2.58. The summed E-state index contributed by atoms with van der Waals surface area (Å²) in [6, 6.07) is 6.31. The molecule has 1 unspecified atom stereocenters. The predicted molar refractivity (Wildman–Crippen MR) is 66.8 cm³/mol. The van der Waals surface area contributed by atoms with E-state index in [1.165, 1.54) is 12.1 Å². The maximum Gasteiger partial charge on any atom is 0.339 e. The minimum atomic E-state index is -1.08. The summed E-state index contributed by atoms with van der Waals surface area (Å²) in [5.41, 5.74) is 0.0499. The minimum absolute atomic E-state index is 0.0499. The molecule has 0 heterocycles. The lowest BCUT2D eigenvalue weighted by Crippen LogP contribution is -2.35. The van der Waals surface area contributed by atoms with Gasteiger partial charge in [-0.15, -0.1) is 0 Å². The number of para-hydroxylation sites is 1. The van der Waals surface area contributed by atoms with Gasteiger partial charge in [-0.3, -0.25) is 4.79 Å². The smallest absolute Gasteiger partial charge is 0.339 e. The molecule has 98 valence electrons. The second-order valence-corrected chi connectivity index (χ2v) is 3.97. The molecule has 1 rings (SSSR count). The number of aromatic carboxylic acids is 1. The topological polar surface area (TPSA) is 75.6 Å². The van der Waals surface area contributed by atoms with Crippen molar-refractivity contribution >= 4 is 11.9 Å².